The van der Waals surface area contributed by atoms with E-state index in [1.165, 1.54) is 66.7 Å². The van der Waals surface area contributed by atoms with Gasteiger partial charge in [-0.05, 0) is 101 Å². The first-order valence-corrected chi connectivity index (χ1v) is 11.2. The Morgan fingerprint density at radius 1 is 1.00 bits per heavy atom. The van der Waals surface area contributed by atoms with E-state index in [0.717, 1.165) is 17.8 Å². The van der Waals surface area contributed by atoms with Gasteiger partial charge in [0.2, 0.25) is 0 Å². The van der Waals surface area contributed by atoms with Crippen LogP contribution in [0, 0.1) is 38.5 Å². The first-order valence-electron chi connectivity index (χ1n) is 11.2. The predicted molar refractivity (Wildman–Crippen MR) is 116 cm³/mol. The third-order valence-corrected chi connectivity index (χ3v) is 7.68. The van der Waals surface area contributed by atoms with Gasteiger partial charge in [-0.15, -0.1) is 0 Å². The standard InChI is InChI=1S/C25H33N3O/c1-16-4-6-23(7-5-16)28-17(2)8-22(18(28)3)15-26-24(29)27-25-12-19-9-20(13-25)11-21(10-19)14-25/h4-8,19-21H,9-15H2,1-3H3,(H2,26,27,29). The Kier molecular flexibility index (Phi) is 4.49. The zero-order valence-electron chi connectivity index (χ0n) is 17.9. The van der Waals surface area contributed by atoms with Gasteiger partial charge in [-0.25, -0.2) is 4.79 Å². The maximum absolute atomic E-state index is 12.8. The fraction of sp³-hybridized carbons (Fsp3) is 0.560. The molecule has 0 unspecified atom stereocenters. The van der Waals surface area contributed by atoms with Crippen LogP contribution in [-0.2, 0) is 6.54 Å². The van der Waals surface area contributed by atoms with E-state index >= 15 is 0 Å². The molecule has 4 aliphatic rings. The lowest BCUT2D eigenvalue weighted by atomic mass is 9.53. The Bertz CT molecular complexity index is 889. The van der Waals surface area contributed by atoms with Gasteiger partial charge in [0, 0.05) is 29.2 Å². The first-order chi connectivity index (χ1) is 13.9. The summed E-state index contributed by atoms with van der Waals surface area (Å²) in [7, 11) is 0. The Balaban J connectivity index is 1.25. The van der Waals surface area contributed by atoms with Crippen LogP contribution in [0.1, 0.15) is 61.0 Å². The van der Waals surface area contributed by atoms with Crippen LogP contribution in [0.3, 0.4) is 0 Å². The highest BCUT2D eigenvalue weighted by atomic mass is 16.2. The third kappa shape index (κ3) is 3.47. The molecule has 2 aromatic rings. The van der Waals surface area contributed by atoms with E-state index in [9.17, 15) is 4.79 Å². The Labute approximate surface area is 174 Å². The minimum atomic E-state index is 0.00656. The van der Waals surface area contributed by atoms with Gasteiger partial charge in [0.1, 0.15) is 0 Å². The molecule has 4 fully saturated rings. The van der Waals surface area contributed by atoms with Crippen molar-refractivity contribution in [3.05, 3.63) is 52.8 Å². The third-order valence-electron chi connectivity index (χ3n) is 7.68. The summed E-state index contributed by atoms with van der Waals surface area (Å²) in [6.07, 6.45) is 7.76. The Morgan fingerprint density at radius 2 is 1.59 bits per heavy atom. The van der Waals surface area contributed by atoms with Gasteiger partial charge in [0.05, 0.1) is 0 Å². The van der Waals surface area contributed by atoms with Crippen LogP contribution in [0.25, 0.3) is 5.69 Å². The van der Waals surface area contributed by atoms with Crippen molar-refractivity contribution in [3.63, 3.8) is 0 Å². The average molecular weight is 392 g/mol. The maximum atomic E-state index is 12.8. The number of rotatable bonds is 4. The summed E-state index contributed by atoms with van der Waals surface area (Å²) in [6.45, 7) is 6.95. The number of nitrogens with zero attached hydrogens (tertiary/aromatic N) is 1. The molecule has 154 valence electrons. The molecule has 0 saturated heterocycles. The number of urea groups is 1. The number of aromatic nitrogens is 1. The van der Waals surface area contributed by atoms with Crippen molar-refractivity contribution >= 4 is 6.03 Å². The minimum absolute atomic E-state index is 0.00656. The number of carbonyl (C=O) groups excluding carboxylic acids is 1. The van der Waals surface area contributed by atoms with Gasteiger partial charge in [-0.3, -0.25) is 0 Å². The molecule has 29 heavy (non-hydrogen) atoms. The number of hydrogen-bond donors (Lipinski definition) is 2. The molecule has 0 atom stereocenters. The predicted octanol–water partition coefficient (Wildman–Crippen LogP) is 5.17. The van der Waals surface area contributed by atoms with E-state index in [1.807, 2.05) is 0 Å². The quantitative estimate of drug-likeness (QED) is 0.742. The number of nitrogens with one attached hydrogen (secondary N) is 2. The zero-order valence-corrected chi connectivity index (χ0v) is 17.9. The van der Waals surface area contributed by atoms with Crippen molar-refractivity contribution in [1.29, 1.82) is 0 Å². The van der Waals surface area contributed by atoms with Gasteiger partial charge >= 0.3 is 6.03 Å². The lowest BCUT2D eigenvalue weighted by molar-refractivity contribution is -0.0135. The van der Waals surface area contributed by atoms with E-state index in [-0.39, 0.29) is 11.6 Å². The van der Waals surface area contributed by atoms with Crippen molar-refractivity contribution < 1.29 is 4.79 Å². The fourth-order valence-corrected chi connectivity index (χ4v) is 6.82. The first kappa shape index (κ1) is 18.8. The van der Waals surface area contributed by atoms with Crippen molar-refractivity contribution in [2.45, 2.75) is 71.4 Å². The number of amides is 2. The number of aryl methyl sites for hydroxylation is 2. The SMILES string of the molecule is Cc1ccc(-n2c(C)cc(CNC(=O)NC34CC5CC(CC(C5)C3)C4)c2C)cc1. The Morgan fingerprint density at radius 3 is 2.17 bits per heavy atom. The van der Waals surface area contributed by atoms with Crippen molar-refractivity contribution in [2.24, 2.45) is 17.8 Å². The minimum Gasteiger partial charge on any atom is -0.334 e. The molecule has 0 radical (unpaired) electrons. The average Bonchev–Trinajstić information content (AvgIpc) is 2.93. The summed E-state index contributed by atoms with van der Waals surface area (Å²) < 4.78 is 2.27. The lowest BCUT2D eigenvalue weighted by Crippen LogP contribution is -2.61. The van der Waals surface area contributed by atoms with Crippen LogP contribution in [0.2, 0.25) is 0 Å². The second-order valence-electron chi connectivity index (χ2n) is 10.1. The molecule has 1 aromatic carbocycles. The molecule has 4 saturated carbocycles. The van der Waals surface area contributed by atoms with Gasteiger partial charge < -0.3 is 15.2 Å². The summed E-state index contributed by atoms with van der Waals surface area (Å²) in [5, 5.41) is 6.57. The largest absolute Gasteiger partial charge is 0.334 e. The van der Waals surface area contributed by atoms with Gasteiger partial charge in [0.25, 0.3) is 0 Å². The Hall–Kier alpha value is -2.23. The highest BCUT2D eigenvalue weighted by Gasteiger charge is 2.51. The van der Waals surface area contributed by atoms with Crippen LogP contribution < -0.4 is 10.6 Å². The molecular formula is C25H33N3O. The molecule has 1 aromatic heterocycles. The molecule has 6 rings (SSSR count). The van der Waals surface area contributed by atoms with Gasteiger partial charge in [0.15, 0.2) is 0 Å². The molecule has 0 aliphatic heterocycles. The van der Waals surface area contributed by atoms with Gasteiger partial charge in [-0.1, -0.05) is 17.7 Å². The smallest absolute Gasteiger partial charge is 0.315 e. The van der Waals surface area contributed by atoms with E-state index in [2.05, 4.69) is 66.3 Å². The number of hydrogen-bond acceptors (Lipinski definition) is 1. The normalized spacial score (nSPS) is 29.8. The van der Waals surface area contributed by atoms with E-state index < -0.39 is 0 Å². The second kappa shape index (κ2) is 6.93. The van der Waals surface area contributed by atoms with Crippen LogP contribution >= 0.6 is 0 Å². The fourth-order valence-electron chi connectivity index (χ4n) is 6.82. The summed E-state index contributed by atoms with van der Waals surface area (Å²) in [4.78, 5) is 12.8. The van der Waals surface area contributed by atoms with Crippen LogP contribution in [0.15, 0.2) is 30.3 Å². The highest BCUT2D eigenvalue weighted by Crippen LogP contribution is 2.55. The topological polar surface area (TPSA) is 46.1 Å². The highest BCUT2D eigenvalue weighted by molar-refractivity contribution is 5.75. The summed E-state index contributed by atoms with van der Waals surface area (Å²) in [5.74, 6) is 2.53. The van der Waals surface area contributed by atoms with Crippen molar-refractivity contribution in [3.8, 4) is 5.69 Å². The maximum Gasteiger partial charge on any atom is 0.315 e. The molecule has 1 heterocycles. The second-order valence-corrected chi connectivity index (χ2v) is 10.1. The summed E-state index contributed by atoms with van der Waals surface area (Å²) >= 11 is 0. The van der Waals surface area contributed by atoms with E-state index in [1.54, 1.807) is 0 Å². The molecule has 2 N–H and O–H groups in total. The molecule has 4 aliphatic carbocycles. The molecule has 0 spiro atoms. The molecule has 4 nitrogen and oxygen atoms in total. The van der Waals surface area contributed by atoms with Crippen molar-refractivity contribution in [2.75, 3.05) is 0 Å². The zero-order chi connectivity index (χ0) is 20.2. The van der Waals surface area contributed by atoms with Crippen LogP contribution in [0.4, 0.5) is 4.79 Å². The number of carbonyl (C=O) groups is 1. The number of benzene rings is 1. The molecular weight excluding hydrogens is 358 g/mol. The van der Waals surface area contributed by atoms with Crippen LogP contribution in [0.5, 0.6) is 0 Å². The van der Waals surface area contributed by atoms with Gasteiger partial charge in [-0.2, -0.15) is 0 Å². The monoisotopic (exact) mass is 391 g/mol. The summed E-state index contributed by atoms with van der Waals surface area (Å²) in [5.41, 5.74) is 6.08. The molecule has 4 heteroatoms. The lowest BCUT2D eigenvalue weighted by Gasteiger charge is -2.56. The van der Waals surface area contributed by atoms with E-state index in [0.29, 0.717) is 6.54 Å². The van der Waals surface area contributed by atoms with Crippen molar-refractivity contribution in [1.82, 2.24) is 15.2 Å². The van der Waals surface area contributed by atoms with E-state index in [4.69, 9.17) is 0 Å². The summed E-state index contributed by atoms with van der Waals surface area (Å²) in [6, 6.07) is 10.8. The molecule has 2 amide bonds. The molecule has 4 bridgehead atoms. The van der Waals surface area contributed by atoms with Crippen LogP contribution in [-0.4, -0.2) is 16.1 Å².